The van der Waals surface area contributed by atoms with Gasteiger partial charge in [0.05, 0.1) is 11.8 Å². The van der Waals surface area contributed by atoms with Gasteiger partial charge < -0.3 is 10.6 Å². The fourth-order valence-electron chi connectivity index (χ4n) is 3.69. The van der Waals surface area contributed by atoms with E-state index in [2.05, 4.69) is 17.6 Å². The van der Waals surface area contributed by atoms with Gasteiger partial charge in [-0.25, -0.2) is 4.39 Å². The first-order valence-corrected chi connectivity index (χ1v) is 11.7. The van der Waals surface area contributed by atoms with Crippen LogP contribution in [0.25, 0.3) is 0 Å². The molecule has 0 heterocycles. The van der Waals surface area contributed by atoms with Gasteiger partial charge >= 0.3 is 0 Å². The number of halogens is 1. The number of benzene rings is 3. The third-order valence-corrected chi connectivity index (χ3v) is 6.50. The highest BCUT2D eigenvalue weighted by atomic mass is 32.2. The fraction of sp³-hybridized carbons (Fsp3) is 0.231. The number of rotatable bonds is 8. The minimum Gasteiger partial charge on any atom is -0.326 e. The van der Waals surface area contributed by atoms with E-state index in [1.165, 1.54) is 17.0 Å². The molecule has 0 unspecified atom stereocenters. The topological polar surface area (TPSA) is 58.2 Å². The summed E-state index contributed by atoms with van der Waals surface area (Å²) in [5.74, 6) is 0.508. The van der Waals surface area contributed by atoms with E-state index in [4.69, 9.17) is 0 Å². The molecule has 0 radical (unpaired) electrons. The Morgan fingerprint density at radius 2 is 1.47 bits per heavy atom. The SMILES string of the molecule is CCSc1ccc(CC(=O)Nc2ccc(C3(C(=O)Nc4ccc(F)cc4)CC3)cc2)cc1. The average Bonchev–Trinajstić information content (AvgIpc) is 3.60. The van der Waals surface area contributed by atoms with Gasteiger partial charge in [0, 0.05) is 16.3 Å². The van der Waals surface area contributed by atoms with E-state index >= 15 is 0 Å². The Morgan fingerprint density at radius 1 is 0.875 bits per heavy atom. The highest BCUT2D eigenvalue weighted by Gasteiger charge is 2.51. The smallest absolute Gasteiger partial charge is 0.235 e. The molecule has 1 aliphatic carbocycles. The molecule has 32 heavy (non-hydrogen) atoms. The average molecular weight is 449 g/mol. The van der Waals surface area contributed by atoms with Gasteiger partial charge in [-0.1, -0.05) is 31.2 Å². The van der Waals surface area contributed by atoms with Crippen LogP contribution in [0, 0.1) is 5.82 Å². The number of carbonyl (C=O) groups excluding carboxylic acids is 2. The van der Waals surface area contributed by atoms with Crippen LogP contribution in [0.15, 0.2) is 77.7 Å². The monoisotopic (exact) mass is 448 g/mol. The Kier molecular flexibility index (Phi) is 6.61. The van der Waals surface area contributed by atoms with Crippen LogP contribution in [0.3, 0.4) is 0 Å². The number of thioether (sulfide) groups is 1. The molecule has 2 amide bonds. The third kappa shape index (κ3) is 5.19. The first-order chi connectivity index (χ1) is 15.5. The molecule has 0 aliphatic heterocycles. The minimum atomic E-state index is -0.560. The lowest BCUT2D eigenvalue weighted by atomic mass is 9.94. The van der Waals surface area contributed by atoms with Crippen LogP contribution in [-0.4, -0.2) is 17.6 Å². The summed E-state index contributed by atoms with van der Waals surface area (Å²) in [4.78, 5) is 26.5. The van der Waals surface area contributed by atoms with Gasteiger partial charge in [-0.05, 0) is 78.3 Å². The van der Waals surface area contributed by atoms with Crippen LogP contribution >= 0.6 is 11.8 Å². The van der Waals surface area contributed by atoms with E-state index in [9.17, 15) is 14.0 Å². The lowest BCUT2D eigenvalue weighted by Crippen LogP contribution is -2.27. The highest BCUT2D eigenvalue weighted by Crippen LogP contribution is 2.49. The maximum Gasteiger partial charge on any atom is 0.235 e. The lowest BCUT2D eigenvalue weighted by molar-refractivity contribution is -0.118. The second-order valence-corrected chi connectivity index (χ2v) is 9.26. The summed E-state index contributed by atoms with van der Waals surface area (Å²) in [6.07, 6.45) is 1.83. The van der Waals surface area contributed by atoms with Gasteiger partial charge in [-0.15, -0.1) is 11.8 Å². The summed E-state index contributed by atoms with van der Waals surface area (Å²) < 4.78 is 13.1. The predicted molar refractivity (Wildman–Crippen MR) is 128 cm³/mol. The number of hydrogen-bond donors (Lipinski definition) is 2. The molecule has 1 fully saturated rings. The van der Waals surface area contributed by atoms with E-state index in [1.807, 2.05) is 48.5 Å². The summed E-state index contributed by atoms with van der Waals surface area (Å²) in [6, 6.07) is 21.3. The molecule has 4 rings (SSSR count). The number of carbonyl (C=O) groups is 2. The zero-order valence-electron chi connectivity index (χ0n) is 17.9. The van der Waals surface area contributed by atoms with Crippen LogP contribution in [-0.2, 0) is 21.4 Å². The molecule has 0 spiro atoms. The van der Waals surface area contributed by atoms with Gasteiger partial charge in [0.1, 0.15) is 5.82 Å². The van der Waals surface area contributed by atoms with Crippen molar-refractivity contribution < 1.29 is 14.0 Å². The number of hydrogen-bond acceptors (Lipinski definition) is 3. The van der Waals surface area contributed by atoms with E-state index in [0.29, 0.717) is 17.8 Å². The van der Waals surface area contributed by atoms with Crippen molar-refractivity contribution in [1.82, 2.24) is 0 Å². The first-order valence-electron chi connectivity index (χ1n) is 10.7. The van der Waals surface area contributed by atoms with Gasteiger partial charge in [-0.3, -0.25) is 9.59 Å². The zero-order chi connectivity index (χ0) is 22.6. The summed E-state index contributed by atoms with van der Waals surface area (Å²) in [7, 11) is 0. The van der Waals surface area contributed by atoms with E-state index in [0.717, 1.165) is 29.7 Å². The highest BCUT2D eigenvalue weighted by molar-refractivity contribution is 7.99. The maximum absolute atomic E-state index is 13.1. The standard InChI is InChI=1S/C26H25FN2O2S/c1-2-32-23-13-3-18(4-14-23)17-24(30)28-21-9-5-19(6-10-21)26(15-16-26)25(31)29-22-11-7-20(27)8-12-22/h3-14H,2,15-17H2,1H3,(H,28,30)(H,29,31). The number of amides is 2. The molecule has 2 N–H and O–H groups in total. The summed E-state index contributed by atoms with van der Waals surface area (Å²) in [5.41, 5.74) is 2.60. The van der Waals surface area contributed by atoms with Crippen molar-refractivity contribution >= 4 is 35.0 Å². The van der Waals surface area contributed by atoms with Crippen molar-refractivity contribution in [3.05, 3.63) is 89.7 Å². The van der Waals surface area contributed by atoms with Crippen LogP contribution in [0.5, 0.6) is 0 Å². The van der Waals surface area contributed by atoms with Crippen LogP contribution in [0.2, 0.25) is 0 Å². The molecule has 1 aliphatic rings. The fourth-order valence-corrected chi connectivity index (χ4v) is 4.35. The lowest BCUT2D eigenvalue weighted by Gasteiger charge is -2.16. The molecule has 3 aromatic carbocycles. The van der Waals surface area contributed by atoms with Crippen molar-refractivity contribution in [2.45, 2.75) is 36.5 Å². The molecule has 164 valence electrons. The molecular formula is C26H25FN2O2S. The van der Waals surface area contributed by atoms with Crippen LogP contribution in [0.1, 0.15) is 30.9 Å². The predicted octanol–water partition coefficient (Wildman–Crippen LogP) is 5.79. The van der Waals surface area contributed by atoms with Gasteiger partial charge in [0.25, 0.3) is 0 Å². The number of nitrogens with one attached hydrogen (secondary N) is 2. The third-order valence-electron chi connectivity index (χ3n) is 5.61. The molecule has 1 saturated carbocycles. The zero-order valence-corrected chi connectivity index (χ0v) is 18.7. The van der Waals surface area contributed by atoms with Crippen LogP contribution < -0.4 is 10.6 Å². The Hall–Kier alpha value is -3.12. The van der Waals surface area contributed by atoms with Gasteiger partial charge in [-0.2, -0.15) is 0 Å². The summed E-state index contributed by atoms with van der Waals surface area (Å²) in [6.45, 7) is 2.11. The minimum absolute atomic E-state index is 0.0798. The van der Waals surface area contributed by atoms with E-state index in [1.54, 1.807) is 23.9 Å². The Morgan fingerprint density at radius 3 is 2.06 bits per heavy atom. The van der Waals surface area contributed by atoms with Crippen molar-refractivity contribution in [1.29, 1.82) is 0 Å². The van der Waals surface area contributed by atoms with E-state index in [-0.39, 0.29) is 17.6 Å². The first kappa shape index (κ1) is 22.1. The quantitative estimate of drug-likeness (QED) is 0.429. The largest absolute Gasteiger partial charge is 0.326 e. The molecular weight excluding hydrogens is 423 g/mol. The van der Waals surface area contributed by atoms with E-state index < -0.39 is 5.41 Å². The van der Waals surface area contributed by atoms with Gasteiger partial charge in [0.15, 0.2) is 0 Å². The molecule has 0 saturated heterocycles. The second-order valence-electron chi connectivity index (χ2n) is 7.92. The maximum atomic E-state index is 13.1. The Bertz CT molecular complexity index is 1090. The molecule has 0 atom stereocenters. The molecule has 0 bridgehead atoms. The van der Waals surface area contributed by atoms with Crippen molar-refractivity contribution in [3.8, 4) is 0 Å². The molecule has 4 nitrogen and oxygen atoms in total. The Balaban J connectivity index is 1.35. The summed E-state index contributed by atoms with van der Waals surface area (Å²) in [5, 5.41) is 5.80. The number of anilines is 2. The summed E-state index contributed by atoms with van der Waals surface area (Å²) >= 11 is 1.77. The van der Waals surface area contributed by atoms with Gasteiger partial charge in [0.2, 0.25) is 11.8 Å². The van der Waals surface area contributed by atoms with Crippen molar-refractivity contribution in [3.63, 3.8) is 0 Å². The van der Waals surface area contributed by atoms with Crippen molar-refractivity contribution in [2.75, 3.05) is 16.4 Å². The Labute approximate surface area is 191 Å². The molecule has 6 heteroatoms. The second kappa shape index (κ2) is 9.57. The molecule has 3 aromatic rings. The van der Waals surface area contributed by atoms with Crippen LogP contribution in [0.4, 0.5) is 15.8 Å². The molecule has 0 aromatic heterocycles. The normalized spacial score (nSPS) is 13.9. The van der Waals surface area contributed by atoms with Crippen molar-refractivity contribution in [2.24, 2.45) is 0 Å².